The summed E-state index contributed by atoms with van der Waals surface area (Å²) in [5, 5.41) is 19.2. The molecule has 0 unspecified atom stereocenters. The van der Waals surface area contributed by atoms with Gasteiger partial charge in [0.1, 0.15) is 5.70 Å². The minimum Gasteiger partial charge on any atom is -0.340 e. The Balaban J connectivity index is 2.68. The third kappa shape index (κ3) is 2.23. The standard InChI is InChI=1S/C4H5Cl2N3O2/c5-4(6)7-1-3(2-8-4)9(10)11/h1-2,7,10-11H. The SMILES string of the molecule is ON(O)C1=CNC(Cl)(Cl)N=C1. The summed E-state index contributed by atoms with van der Waals surface area (Å²) < 4.78 is -1.42. The number of allylic oxidation sites excluding steroid dienone is 1. The molecule has 1 aliphatic rings. The third-order valence-corrected chi connectivity index (χ3v) is 1.40. The smallest absolute Gasteiger partial charge is 0.285 e. The molecule has 0 aromatic rings. The van der Waals surface area contributed by atoms with Gasteiger partial charge >= 0.3 is 0 Å². The van der Waals surface area contributed by atoms with Crippen molar-refractivity contribution < 1.29 is 10.4 Å². The first-order valence-electron chi connectivity index (χ1n) is 2.60. The minimum absolute atomic E-state index is 0.0434. The second-order valence-electron chi connectivity index (χ2n) is 1.80. The fourth-order valence-corrected chi connectivity index (χ4v) is 0.699. The third-order valence-electron chi connectivity index (χ3n) is 0.984. The lowest BCUT2D eigenvalue weighted by atomic mass is 10.5. The number of nitrogens with one attached hydrogen (secondary N) is 1. The zero-order valence-corrected chi connectivity index (χ0v) is 6.71. The van der Waals surface area contributed by atoms with Crippen LogP contribution in [0.15, 0.2) is 16.9 Å². The lowest BCUT2D eigenvalue weighted by Gasteiger charge is -2.20. The average molecular weight is 198 g/mol. The molecule has 0 spiro atoms. The molecule has 0 amide bonds. The summed E-state index contributed by atoms with van der Waals surface area (Å²) in [5.74, 6) is 0. The van der Waals surface area contributed by atoms with E-state index in [1.165, 1.54) is 6.20 Å². The number of hydrogen-bond acceptors (Lipinski definition) is 5. The largest absolute Gasteiger partial charge is 0.340 e. The van der Waals surface area contributed by atoms with Gasteiger partial charge in [-0.1, -0.05) is 23.2 Å². The van der Waals surface area contributed by atoms with Gasteiger partial charge in [-0.25, -0.2) is 4.99 Å². The minimum atomic E-state index is -1.42. The van der Waals surface area contributed by atoms with Crippen molar-refractivity contribution in [3.63, 3.8) is 0 Å². The van der Waals surface area contributed by atoms with E-state index in [1.807, 2.05) is 0 Å². The Morgan fingerprint density at radius 3 is 2.55 bits per heavy atom. The van der Waals surface area contributed by atoms with Crippen LogP contribution in [0.4, 0.5) is 0 Å². The van der Waals surface area contributed by atoms with Gasteiger partial charge in [-0.2, -0.15) is 0 Å². The van der Waals surface area contributed by atoms with Crippen molar-refractivity contribution in [3.05, 3.63) is 11.9 Å². The van der Waals surface area contributed by atoms with Gasteiger partial charge in [0.25, 0.3) is 4.58 Å². The summed E-state index contributed by atoms with van der Waals surface area (Å²) in [4.78, 5) is 3.53. The lowest BCUT2D eigenvalue weighted by Crippen LogP contribution is -2.33. The van der Waals surface area contributed by atoms with E-state index in [-0.39, 0.29) is 10.9 Å². The highest BCUT2D eigenvalue weighted by molar-refractivity contribution is 6.48. The highest BCUT2D eigenvalue weighted by atomic mass is 35.5. The molecule has 0 fully saturated rings. The highest BCUT2D eigenvalue weighted by Crippen LogP contribution is 2.21. The highest BCUT2D eigenvalue weighted by Gasteiger charge is 2.23. The molecule has 1 aliphatic heterocycles. The van der Waals surface area contributed by atoms with E-state index in [9.17, 15) is 0 Å². The first kappa shape index (κ1) is 8.61. The summed E-state index contributed by atoms with van der Waals surface area (Å²) in [6.45, 7) is 0. The molecule has 3 N–H and O–H groups in total. The average Bonchev–Trinajstić information content (AvgIpc) is 1.86. The molecule has 0 saturated heterocycles. The van der Waals surface area contributed by atoms with E-state index in [4.69, 9.17) is 33.6 Å². The van der Waals surface area contributed by atoms with Crippen LogP contribution < -0.4 is 5.32 Å². The second kappa shape index (κ2) is 2.86. The van der Waals surface area contributed by atoms with Crippen LogP contribution in [0, 0.1) is 0 Å². The van der Waals surface area contributed by atoms with Gasteiger partial charge in [0.05, 0.1) is 6.21 Å². The molecule has 0 bridgehead atoms. The Kier molecular flexibility index (Phi) is 2.24. The van der Waals surface area contributed by atoms with E-state index >= 15 is 0 Å². The fourth-order valence-electron chi connectivity index (χ4n) is 0.492. The molecule has 0 aromatic heterocycles. The molecule has 11 heavy (non-hydrogen) atoms. The Morgan fingerprint density at radius 2 is 2.18 bits per heavy atom. The summed E-state index contributed by atoms with van der Waals surface area (Å²) >= 11 is 10.9. The maximum absolute atomic E-state index is 8.45. The maximum Gasteiger partial charge on any atom is 0.285 e. The normalized spacial score (nSPS) is 20.5. The van der Waals surface area contributed by atoms with Crippen molar-refractivity contribution in [2.75, 3.05) is 0 Å². The Morgan fingerprint density at radius 1 is 1.55 bits per heavy atom. The van der Waals surface area contributed by atoms with Gasteiger partial charge in [-0.05, 0) is 0 Å². The van der Waals surface area contributed by atoms with Crippen LogP contribution in [0.5, 0.6) is 0 Å². The van der Waals surface area contributed by atoms with Crippen LogP contribution >= 0.6 is 23.2 Å². The van der Waals surface area contributed by atoms with Gasteiger partial charge < -0.3 is 5.32 Å². The molecule has 0 radical (unpaired) electrons. The van der Waals surface area contributed by atoms with Crippen molar-refractivity contribution in [1.29, 1.82) is 0 Å². The Labute approximate surface area is 72.4 Å². The number of rotatable bonds is 1. The molecular formula is C4H5Cl2N3O2. The summed E-state index contributed by atoms with van der Waals surface area (Å²) in [6.07, 6.45) is 2.34. The number of halogens is 2. The van der Waals surface area contributed by atoms with E-state index in [0.717, 1.165) is 6.21 Å². The van der Waals surface area contributed by atoms with Crippen LogP contribution in [0.25, 0.3) is 0 Å². The first-order valence-corrected chi connectivity index (χ1v) is 3.36. The van der Waals surface area contributed by atoms with Crippen LogP contribution in [0.2, 0.25) is 0 Å². The fraction of sp³-hybridized carbons (Fsp3) is 0.250. The van der Waals surface area contributed by atoms with Crippen molar-refractivity contribution in [2.24, 2.45) is 4.99 Å². The maximum atomic E-state index is 8.45. The Hall–Kier alpha value is -0.490. The van der Waals surface area contributed by atoms with Crippen LogP contribution in [-0.4, -0.2) is 26.4 Å². The van der Waals surface area contributed by atoms with Gasteiger partial charge in [-0.15, -0.1) is 5.23 Å². The van der Waals surface area contributed by atoms with Crippen LogP contribution in [0.1, 0.15) is 0 Å². The predicted molar refractivity (Wildman–Crippen MR) is 39.6 cm³/mol. The first-order chi connectivity index (χ1) is 5.01. The molecule has 62 valence electrons. The summed E-state index contributed by atoms with van der Waals surface area (Å²) in [6, 6.07) is 0. The number of aliphatic imine (C=N–C) groups is 1. The second-order valence-corrected chi connectivity index (χ2v) is 3.09. The van der Waals surface area contributed by atoms with Gasteiger partial charge in [-0.3, -0.25) is 10.4 Å². The van der Waals surface area contributed by atoms with Gasteiger partial charge in [0.2, 0.25) is 0 Å². The van der Waals surface area contributed by atoms with Crippen LogP contribution in [-0.2, 0) is 0 Å². The van der Waals surface area contributed by atoms with Crippen LogP contribution in [0.3, 0.4) is 0 Å². The summed E-state index contributed by atoms with van der Waals surface area (Å²) in [5.41, 5.74) is 0.0434. The molecule has 0 atom stereocenters. The number of hydroxylamine groups is 2. The molecule has 0 saturated carbocycles. The van der Waals surface area contributed by atoms with Crippen molar-refractivity contribution in [2.45, 2.75) is 4.58 Å². The van der Waals surface area contributed by atoms with Crippen molar-refractivity contribution >= 4 is 29.4 Å². The number of nitrogens with zero attached hydrogens (tertiary/aromatic N) is 2. The van der Waals surface area contributed by atoms with E-state index in [0.29, 0.717) is 0 Å². The Bertz CT molecular complexity index is 213. The monoisotopic (exact) mass is 197 g/mol. The quantitative estimate of drug-likeness (QED) is 0.329. The number of hydrogen-bond donors (Lipinski definition) is 3. The number of alkyl halides is 2. The molecule has 7 heteroatoms. The molecular weight excluding hydrogens is 193 g/mol. The van der Waals surface area contributed by atoms with Crippen molar-refractivity contribution in [3.8, 4) is 0 Å². The van der Waals surface area contributed by atoms with E-state index < -0.39 is 4.58 Å². The zero-order chi connectivity index (χ0) is 8.48. The van der Waals surface area contributed by atoms with Gasteiger partial charge in [0.15, 0.2) is 0 Å². The summed E-state index contributed by atoms with van der Waals surface area (Å²) in [7, 11) is 0. The molecule has 5 nitrogen and oxygen atoms in total. The van der Waals surface area contributed by atoms with Gasteiger partial charge in [0, 0.05) is 6.20 Å². The topological polar surface area (TPSA) is 68.1 Å². The van der Waals surface area contributed by atoms with E-state index in [2.05, 4.69) is 10.3 Å². The van der Waals surface area contributed by atoms with E-state index in [1.54, 1.807) is 0 Å². The lowest BCUT2D eigenvalue weighted by molar-refractivity contribution is -0.273. The molecule has 1 heterocycles. The predicted octanol–water partition coefficient (Wildman–Crippen LogP) is 0.671. The zero-order valence-electron chi connectivity index (χ0n) is 5.20. The molecule has 1 rings (SSSR count). The molecule has 0 aromatic carbocycles. The molecule has 0 aliphatic carbocycles. The van der Waals surface area contributed by atoms with Crippen molar-refractivity contribution in [1.82, 2.24) is 10.5 Å².